The fraction of sp³-hybridized carbons (Fsp3) is 0.0909. The second-order valence-corrected chi connectivity index (χ2v) is 2.98. The van der Waals surface area contributed by atoms with Gasteiger partial charge in [-0.15, -0.1) is 0 Å². The Bertz CT molecular complexity index is 460. The highest BCUT2D eigenvalue weighted by molar-refractivity contribution is 5.59. The normalized spacial score (nSPS) is 10.1. The summed E-state index contributed by atoms with van der Waals surface area (Å²) in [5.41, 5.74) is 2.12. The molecule has 1 aromatic carbocycles. The van der Waals surface area contributed by atoms with Gasteiger partial charge in [-0.3, -0.25) is 0 Å². The van der Waals surface area contributed by atoms with Crippen LogP contribution < -0.4 is 0 Å². The van der Waals surface area contributed by atoms with Gasteiger partial charge in [0.15, 0.2) is 0 Å². The molecule has 2 aromatic rings. The molecule has 3 heteroatoms. The Kier molecular flexibility index (Phi) is 2.14. The first kappa shape index (κ1) is 8.69. The minimum Gasteiger partial charge on any atom is -0.334 e. The Hall–Kier alpha value is -1.90. The average molecular weight is 186 g/mol. The molecule has 0 saturated carbocycles. The first-order valence-corrected chi connectivity index (χ1v) is 4.33. The quantitative estimate of drug-likeness (QED) is 0.723. The Labute approximate surface area is 82.1 Å². The zero-order chi connectivity index (χ0) is 9.97. The van der Waals surface area contributed by atoms with E-state index in [2.05, 4.69) is 16.7 Å². The van der Waals surface area contributed by atoms with Gasteiger partial charge in [0.1, 0.15) is 0 Å². The predicted molar refractivity (Wildman–Crippen MR) is 54.6 cm³/mol. The Balaban J connectivity index is 2.49. The van der Waals surface area contributed by atoms with Gasteiger partial charge < -0.3 is 4.52 Å². The van der Waals surface area contributed by atoms with Crippen LogP contribution in [0.3, 0.4) is 0 Å². The molecule has 0 saturated heterocycles. The van der Waals surface area contributed by atoms with Crippen molar-refractivity contribution in [2.75, 3.05) is 0 Å². The lowest BCUT2D eigenvalue weighted by Gasteiger charge is -1.97. The van der Waals surface area contributed by atoms with E-state index >= 15 is 0 Å². The van der Waals surface area contributed by atoms with Crippen molar-refractivity contribution in [2.24, 2.45) is 0 Å². The maximum atomic E-state index is 4.94. The van der Waals surface area contributed by atoms with Crippen molar-refractivity contribution in [1.82, 2.24) is 10.1 Å². The van der Waals surface area contributed by atoms with Gasteiger partial charge in [-0.2, -0.15) is 4.98 Å². The summed E-state index contributed by atoms with van der Waals surface area (Å²) >= 11 is 0. The van der Waals surface area contributed by atoms with Crippen molar-refractivity contribution >= 4 is 6.08 Å². The summed E-state index contributed by atoms with van der Waals surface area (Å²) in [6, 6.07) is 7.91. The van der Waals surface area contributed by atoms with Crippen LogP contribution in [0, 0.1) is 6.92 Å². The molecule has 0 aliphatic carbocycles. The second kappa shape index (κ2) is 3.46. The van der Waals surface area contributed by atoms with Crippen molar-refractivity contribution in [3.63, 3.8) is 0 Å². The number of benzene rings is 1. The van der Waals surface area contributed by atoms with E-state index in [0.717, 1.165) is 11.1 Å². The Morgan fingerprint density at radius 2 is 2.14 bits per heavy atom. The minimum atomic E-state index is 0.447. The highest BCUT2D eigenvalue weighted by Gasteiger charge is 2.07. The molecule has 0 bridgehead atoms. The van der Waals surface area contributed by atoms with Crippen LogP contribution >= 0.6 is 0 Å². The molecule has 2 rings (SSSR count). The standard InChI is InChI=1S/C11H10N2O/c1-3-10-12-11(13-14-10)9-7-5-4-6-8(9)2/h3-7H,1H2,2H3. The van der Waals surface area contributed by atoms with Crippen molar-refractivity contribution in [3.05, 3.63) is 42.3 Å². The van der Waals surface area contributed by atoms with Crippen LogP contribution in [0.5, 0.6) is 0 Å². The topological polar surface area (TPSA) is 38.9 Å². The third kappa shape index (κ3) is 1.44. The highest BCUT2D eigenvalue weighted by atomic mass is 16.5. The first-order chi connectivity index (χ1) is 6.81. The molecule has 0 amide bonds. The maximum absolute atomic E-state index is 4.94. The molecule has 0 aliphatic heterocycles. The molecule has 70 valence electrons. The van der Waals surface area contributed by atoms with E-state index in [1.807, 2.05) is 31.2 Å². The maximum Gasteiger partial charge on any atom is 0.250 e. The molecule has 0 atom stereocenters. The van der Waals surface area contributed by atoms with Crippen LogP contribution in [-0.2, 0) is 0 Å². The fourth-order valence-electron chi connectivity index (χ4n) is 1.25. The molecule has 1 aromatic heterocycles. The van der Waals surface area contributed by atoms with Crippen LogP contribution in [-0.4, -0.2) is 10.1 Å². The molecule has 0 radical (unpaired) electrons. The molecular formula is C11H10N2O. The van der Waals surface area contributed by atoms with E-state index in [9.17, 15) is 0 Å². The van der Waals surface area contributed by atoms with Gasteiger partial charge >= 0.3 is 0 Å². The van der Waals surface area contributed by atoms with Gasteiger partial charge in [-0.1, -0.05) is 36.0 Å². The fourth-order valence-corrected chi connectivity index (χ4v) is 1.25. The molecule has 14 heavy (non-hydrogen) atoms. The third-order valence-corrected chi connectivity index (χ3v) is 2.00. The molecule has 0 unspecified atom stereocenters. The molecular weight excluding hydrogens is 176 g/mol. The Morgan fingerprint density at radius 3 is 2.79 bits per heavy atom. The van der Waals surface area contributed by atoms with E-state index in [1.165, 1.54) is 6.08 Å². The molecule has 0 N–H and O–H groups in total. The molecule has 0 aliphatic rings. The number of rotatable bonds is 2. The minimum absolute atomic E-state index is 0.447. The average Bonchev–Trinajstić information content (AvgIpc) is 2.67. The summed E-state index contributed by atoms with van der Waals surface area (Å²) in [4.78, 5) is 4.16. The molecule has 1 heterocycles. The SMILES string of the molecule is C=Cc1nc(-c2ccccc2C)no1. The lowest BCUT2D eigenvalue weighted by Crippen LogP contribution is -1.84. The van der Waals surface area contributed by atoms with Crippen molar-refractivity contribution in [1.29, 1.82) is 0 Å². The van der Waals surface area contributed by atoms with Gasteiger partial charge in [0.05, 0.1) is 0 Å². The number of nitrogens with zero attached hydrogens (tertiary/aromatic N) is 2. The third-order valence-electron chi connectivity index (χ3n) is 2.00. The summed E-state index contributed by atoms with van der Waals surface area (Å²) in [7, 11) is 0. The summed E-state index contributed by atoms with van der Waals surface area (Å²) in [5.74, 6) is 1.06. The van der Waals surface area contributed by atoms with E-state index in [4.69, 9.17) is 4.52 Å². The van der Waals surface area contributed by atoms with Crippen molar-refractivity contribution in [2.45, 2.75) is 6.92 Å². The largest absolute Gasteiger partial charge is 0.334 e. The molecule has 3 nitrogen and oxygen atoms in total. The van der Waals surface area contributed by atoms with Gasteiger partial charge in [0.25, 0.3) is 0 Å². The molecule has 0 fully saturated rings. The highest BCUT2D eigenvalue weighted by Crippen LogP contribution is 2.19. The number of aromatic nitrogens is 2. The first-order valence-electron chi connectivity index (χ1n) is 4.33. The Morgan fingerprint density at radius 1 is 1.36 bits per heavy atom. The van der Waals surface area contributed by atoms with E-state index in [1.54, 1.807) is 0 Å². The van der Waals surface area contributed by atoms with Gasteiger partial charge in [-0.05, 0) is 18.6 Å². The van der Waals surface area contributed by atoms with Crippen LogP contribution in [0.4, 0.5) is 0 Å². The number of hydrogen-bond acceptors (Lipinski definition) is 3. The van der Waals surface area contributed by atoms with Gasteiger partial charge in [0.2, 0.25) is 11.7 Å². The van der Waals surface area contributed by atoms with Crippen LogP contribution in [0.2, 0.25) is 0 Å². The summed E-state index contributed by atoms with van der Waals surface area (Å²) < 4.78 is 4.94. The van der Waals surface area contributed by atoms with Crippen molar-refractivity contribution < 1.29 is 4.52 Å². The van der Waals surface area contributed by atoms with Crippen LogP contribution in [0.25, 0.3) is 17.5 Å². The smallest absolute Gasteiger partial charge is 0.250 e. The van der Waals surface area contributed by atoms with Gasteiger partial charge in [0, 0.05) is 5.56 Å². The monoisotopic (exact) mass is 186 g/mol. The zero-order valence-electron chi connectivity index (χ0n) is 7.90. The summed E-state index contributed by atoms with van der Waals surface area (Å²) in [6.07, 6.45) is 1.54. The number of aryl methyl sites for hydroxylation is 1. The summed E-state index contributed by atoms with van der Waals surface area (Å²) in [6.45, 7) is 5.58. The predicted octanol–water partition coefficient (Wildman–Crippen LogP) is 2.69. The van der Waals surface area contributed by atoms with Crippen LogP contribution in [0.1, 0.15) is 11.5 Å². The van der Waals surface area contributed by atoms with E-state index < -0.39 is 0 Å². The lowest BCUT2D eigenvalue weighted by atomic mass is 10.1. The van der Waals surface area contributed by atoms with Gasteiger partial charge in [-0.25, -0.2) is 0 Å². The zero-order valence-corrected chi connectivity index (χ0v) is 7.90. The second-order valence-electron chi connectivity index (χ2n) is 2.98. The lowest BCUT2D eigenvalue weighted by molar-refractivity contribution is 0.411. The number of hydrogen-bond donors (Lipinski definition) is 0. The van der Waals surface area contributed by atoms with E-state index in [0.29, 0.717) is 11.7 Å². The van der Waals surface area contributed by atoms with Crippen molar-refractivity contribution in [3.8, 4) is 11.4 Å². The summed E-state index contributed by atoms with van der Waals surface area (Å²) in [5, 5.41) is 3.86. The van der Waals surface area contributed by atoms with E-state index in [-0.39, 0.29) is 0 Å². The van der Waals surface area contributed by atoms with Crippen LogP contribution in [0.15, 0.2) is 35.4 Å². The molecule has 0 spiro atoms.